The average Bonchev–Trinajstić information content (AvgIpc) is 3.27. The number of methoxy groups -OCH3 is 1. The number of pyridine rings is 1. The van der Waals surface area contributed by atoms with Crippen molar-refractivity contribution >= 4 is 17.6 Å². The van der Waals surface area contributed by atoms with Gasteiger partial charge in [0, 0.05) is 17.7 Å². The first-order chi connectivity index (χ1) is 22.3. The Morgan fingerprint density at radius 3 is 2.25 bits per heavy atom. The normalized spacial score (nSPS) is 19.8. The Labute approximate surface area is 273 Å². The van der Waals surface area contributed by atoms with Gasteiger partial charge < -0.3 is 14.6 Å². The summed E-state index contributed by atoms with van der Waals surface area (Å²) in [5.74, 6) is -0.595. The van der Waals surface area contributed by atoms with Crippen molar-refractivity contribution in [1.82, 2.24) is 9.88 Å². The highest BCUT2D eigenvalue weighted by Gasteiger charge is 2.44. The number of cyclic esters (lactones) is 1. The van der Waals surface area contributed by atoms with Crippen LogP contribution in [0.15, 0.2) is 54.2 Å². The van der Waals surface area contributed by atoms with Crippen LogP contribution in [0, 0.1) is 12.3 Å². The Kier molecular flexibility index (Phi) is 9.04. The molecule has 0 saturated carbocycles. The quantitative estimate of drug-likeness (QED) is 0.251. The average molecular weight is 677 g/mol. The number of amides is 1. The summed E-state index contributed by atoms with van der Waals surface area (Å²) in [6.45, 7) is 7.48. The summed E-state index contributed by atoms with van der Waals surface area (Å²) >= 11 is 0. The van der Waals surface area contributed by atoms with E-state index >= 15 is 0 Å². The van der Waals surface area contributed by atoms with E-state index < -0.39 is 53.3 Å². The minimum absolute atomic E-state index is 0.0213. The molecule has 2 heterocycles. The smallest absolute Gasteiger partial charge is 0.416 e. The van der Waals surface area contributed by atoms with Crippen molar-refractivity contribution in [2.45, 2.75) is 71.5 Å². The fourth-order valence-electron chi connectivity index (χ4n) is 6.47. The number of aryl methyl sites for hydroxylation is 1. The number of carbonyl (C=O) groups excluding carboxylic acids is 1. The maximum atomic E-state index is 13.6. The predicted octanol–water partition coefficient (Wildman–Crippen LogP) is 9.35. The Bertz CT molecular complexity index is 1760. The summed E-state index contributed by atoms with van der Waals surface area (Å²) in [4.78, 5) is 30.6. The zero-order valence-corrected chi connectivity index (χ0v) is 26.8. The van der Waals surface area contributed by atoms with Crippen molar-refractivity contribution in [3.63, 3.8) is 0 Å². The summed E-state index contributed by atoms with van der Waals surface area (Å²) in [6, 6.07) is 6.89. The number of allylic oxidation sites excluding steroid dienone is 1. The number of alkyl halides is 6. The molecular weight excluding hydrogens is 642 g/mol. The van der Waals surface area contributed by atoms with Crippen LogP contribution in [0.25, 0.3) is 16.8 Å². The van der Waals surface area contributed by atoms with Gasteiger partial charge in [0.1, 0.15) is 11.9 Å². The first-order valence-corrected chi connectivity index (χ1v) is 15.2. The Hall–Kier alpha value is -4.55. The van der Waals surface area contributed by atoms with E-state index in [2.05, 4.69) is 18.8 Å². The van der Waals surface area contributed by atoms with Gasteiger partial charge in [0.2, 0.25) is 0 Å². The van der Waals surface area contributed by atoms with E-state index in [9.17, 15) is 41.0 Å². The molecule has 1 fully saturated rings. The van der Waals surface area contributed by atoms with Crippen molar-refractivity contribution in [2.75, 3.05) is 13.7 Å². The molecule has 3 aromatic rings. The van der Waals surface area contributed by atoms with Crippen molar-refractivity contribution in [1.29, 1.82) is 0 Å². The number of nitrogens with zero attached hydrogens (tertiary/aromatic N) is 2. The second-order valence-electron chi connectivity index (χ2n) is 13.0. The van der Waals surface area contributed by atoms with Crippen LogP contribution in [0.3, 0.4) is 0 Å². The molecule has 1 aliphatic heterocycles. The Morgan fingerprint density at radius 2 is 1.69 bits per heavy atom. The van der Waals surface area contributed by atoms with E-state index in [1.54, 1.807) is 25.3 Å². The molecule has 2 aliphatic rings. The monoisotopic (exact) mass is 676 g/mol. The van der Waals surface area contributed by atoms with Crippen LogP contribution in [-0.2, 0) is 17.1 Å². The van der Waals surface area contributed by atoms with Gasteiger partial charge in [0.05, 0.1) is 41.7 Å². The van der Waals surface area contributed by atoms with Crippen LogP contribution in [0.1, 0.15) is 84.3 Å². The number of carboxylic acids is 1. The number of rotatable bonds is 7. The van der Waals surface area contributed by atoms with Gasteiger partial charge in [0.15, 0.2) is 0 Å². The summed E-state index contributed by atoms with van der Waals surface area (Å²) in [5, 5.41) is 9.38. The van der Waals surface area contributed by atoms with E-state index in [1.165, 1.54) is 25.0 Å². The molecule has 0 spiro atoms. The third-order valence-electron chi connectivity index (χ3n) is 9.02. The summed E-state index contributed by atoms with van der Waals surface area (Å²) in [6.07, 6.45) is -8.85. The minimum Gasteiger partial charge on any atom is -0.495 e. The number of ether oxygens (including phenoxy) is 2. The fourth-order valence-corrected chi connectivity index (χ4v) is 6.47. The number of carbonyl (C=O) groups is 2. The first kappa shape index (κ1) is 34.8. The second-order valence-corrected chi connectivity index (χ2v) is 13.0. The molecule has 1 amide bonds. The highest BCUT2D eigenvalue weighted by Crippen LogP contribution is 2.47. The van der Waals surface area contributed by atoms with E-state index in [-0.39, 0.29) is 23.6 Å². The zero-order valence-electron chi connectivity index (χ0n) is 26.8. The largest absolute Gasteiger partial charge is 0.495 e. The van der Waals surface area contributed by atoms with Gasteiger partial charge in [0.25, 0.3) is 0 Å². The van der Waals surface area contributed by atoms with Gasteiger partial charge >= 0.3 is 24.4 Å². The number of halogens is 6. The lowest BCUT2D eigenvalue weighted by molar-refractivity contribution is -0.143. The van der Waals surface area contributed by atoms with Gasteiger partial charge in [-0.15, -0.1) is 0 Å². The lowest BCUT2D eigenvalue weighted by atomic mass is 9.72. The molecule has 256 valence electrons. The third-order valence-corrected chi connectivity index (χ3v) is 9.02. The van der Waals surface area contributed by atoms with Crippen molar-refractivity contribution in [3.05, 3.63) is 87.6 Å². The minimum atomic E-state index is -5.05. The first-order valence-electron chi connectivity index (χ1n) is 15.2. The summed E-state index contributed by atoms with van der Waals surface area (Å²) in [7, 11) is 1.49. The highest BCUT2D eigenvalue weighted by atomic mass is 19.4. The molecule has 1 N–H and O–H groups in total. The predicted molar refractivity (Wildman–Crippen MR) is 164 cm³/mol. The van der Waals surface area contributed by atoms with Crippen LogP contribution in [0.4, 0.5) is 31.1 Å². The molecule has 13 heteroatoms. The SMILES string of the molecule is COc1cnc(-c2ccc(C(=O)O)cc2C)cc1C1=C(CN2C(=O)O[C@H](c3cc(C(F)(F)F)cc(C(F)(F)F)c3)[C@@H]2C)CC(C)(C)CC1. The topological polar surface area (TPSA) is 89.0 Å². The molecule has 1 saturated heterocycles. The number of aromatic carboxylic acids is 1. The standard InChI is InChI=1S/C35H34F6N2O5/c1-18-10-20(31(44)45)6-7-25(18)28-14-27(29(47-5)16-42-28)26-8-9-33(3,4)15-22(26)17-43-19(2)30(48-32(43)46)21-11-23(34(36,37)38)13-24(12-21)35(39,40)41/h6-7,10-14,16,19,30H,8-9,15,17H2,1-5H3,(H,44,45)/t19-,30-/m0/s1. The van der Waals surface area contributed by atoms with Gasteiger partial charge in [-0.25, -0.2) is 9.59 Å². The highest BCUT2D eigenvalue weighted by molar-refractivity contribution is 5.89. The van der Waals surface area contributed by atoms with Gasteiger partial charge in [-0.1, -0.05) is 19.9 Å². The number of hydrogen-bond donors (Lipinski definition) is 1. The molecule has 1 aromatic heterocycles. The maximum Gasteiger partial charge on any atom is 0.416 e. The Balaban J connectivity index is 1.55. The van der Waals surface area contributed by atoms with E-state index in [1.807, 2.05) is 6.07 Å². The number of aromatic nitrogens is 1. The number of benzene rings is 2. The molecule has 48 heavy (non-hydrogen) atoms. The van der Waals surface area contributed by atoms with Crippen LogP contribution in [0.5, 0.6) is 5.75 Å². The molecule has 2 aromatic carbocycles. The van der Waals surface area contributed by atoms with Crippen molar-refractivity contribution in [3.8, 4) is 17.0 Å². The Morgan fingerprint density at radius 1 is 1.04 bits per heavy atom. The number of carboxylic acid groups (broad SMARTS) is 1. The third kappa shape index (κ3) is 7.00. The molecule has 0 unspecified atom stereocenters. The fraction of sp³-hybridized carbons (Fsp3) is 0.400. The maximum absolute atomic E-state index is 13.6. The molecule has 2 atom stereocenters. The van der Waals surface area contributed by atoms with E-state index in [0.717, 1.165) is 17.6 Å². The second kappa shape index (κ2) is 12.5. The summed E-state index contributed by atoms with van der Waals surface area (Å²) in [5.41, 5.74) is 0.970. The lowest BCUT2D eigenvalue weighted by Crippen LogP contribution is -2.35. The van der Waals surface area contributed by atoms with E-state index in [0.29, 0.717) is 53.1 Å². The number of hydrogen-bond acceptors (Lipinski definition) is 5. The molecule has 5 rings (SSSR count). The molecule has 7 nitrogen and oxygen atoms in total. The van der Waals surface area contributed by atoms with Gasteiger partial charge in [-0.3, -0.25) is 9.88 Å². The van der Waals surface area contributed by atoms with Crippen molar-refractivity contribution in [2.24, 2.45) is 5.41 Å². The lowest BCUT2D eigenvalue weighted by Gasteiger charge is -2.36. The molecule has 1 aliphatic carbocycles. The summed E-state index contributed by atoms with van der Waals surface area (Å²) < 4.78 is 92.7. The zero-order chi connectivity index (χ0) is 35.3. The van der Waals surface area contributed by atoms with Crippen LogP contribution >= 0.6 is 0 Å². The van der Waals surface area contributed by atoms with E-state index in [4.69, 9.17) is 9.47 Å². The van der Waals surface area contributed by atoms with Gasteiger partial charge in [-0.2, -0.15) is 26.3 Å². The molecular formula is C35H34F6N2O5. The molecule has 0 bridgehead atoms. The molecule has 0 radical (unpaired) electrons. The van der Waals surface area contributed by atoms with Gasteiger partial charge in [-0.05, 0) is 97.2 Å². The van der Waals surface area contributed by atoms with Crippen LogP contribution in [-0.4, -0.2) is 46.7 Å². The van der Waals surface area contributed by atoms with Crippen LogP contribution in [0.2, 0.25) is 0 Å². The van der Waals surface area contributed by atoms with Crippen LogP contribution < -0.4 is 4.74 Å². The van der Waals surface area contributed by atoms with Crippen molar-refractivity contribution < 1.29 is 50.5 Å².